The summed E-state index contributed by atoms with van der Waals surface area (Å²) in [7, 11) is 0. The van der Waals surface area contributed by atoms with Crippen LogP contribution in [0.4, 0.5) is 0 Å². The molecule has 7 heteroatoms. The van der Waals surface area contributed by atoms with Crippen LogP contribution in [0.1, 0.15) is 39.2 Å². The molecule has 0 radical (unpaired) electrons. The molecule has 0 aliphatic carbocycles. The fraction of sp³-hybridized carbons (Fsp3) is 0.292. The molecule has 0 spiro atoms. The number of esters is 1. The van der Waals surface area contributed by atoms with Gasteiger partial charge in [-0.1, -0.05) is 55.0 Å². The number of aromatic hydroxyl groups is 1. The number of phenolic OH excluding ortho intramolecular Hbond substituents is 1. The van der Waals surface area contributed by atoms with Crippen molar-refractivity contribution in [1.82, 2.24) is 4.57 Å². The molecule has 1 aliphatic heterocycles. The minimum atomic E-state index is -0.428. The van der Waals surface area contributed by atoms with Crippen molar-refractivity contribution in [2.24, 2.45) is 4.99 Å². The standard InChI is InChI=1S/C24H24N2O4S/c1-4-8-18-21(23(29)30-5-2)14(3)26-22(28)20(31-24(26)25-18)13-17-16-10-7-6-9-15(16)11-12-19(17)27/h6-7,9-13,18,27H,4-5,8H2,1-3H3/b20-13-/t18-/m0/s1. The molecule has 0 saturated heterocycles. The topological polar surface area (TPSA) is 80.9 Å². The van der Waals surface area contributed by atoms with Crippen molar-refractivity contribution >= 4 is 39.9 Å². The number of nitrogens with zero attached hydrogens (tertiary/aromatic N) is 2. The fourth-order valence-electron chi connectivity index (χ4n) is 3.96. The van der Waals surface area contributed by atoms with Crippen molar-refractivity contribution in [3.05, 3.63) is 67.2 Å². The van der Waals surface area contributed by atoms with E-state index in [2.05, 4.69) is 0 Å². The molecule has 6 nitrogen and oxygen atoms in total. The van der Waals surface area contributed by atoms with Crippen LogP contribution in [0.5, 0.6) is 5.75 Å². The number of thiazole rings is 1. The summed E-state index contributed by atoms with van der Waals surface area (Å²) >= 11 is 1.27. The number of carbonyl (C=O) groups excluding carboxylic acids is 1. The largest absolute Gasteiger partial charge is 0.507 e. The number of rotatable bonds is 5. The zero-order valence-electron chi connectivity index (χ0n) is 17.7. The predicted molar refractivity (Wildman–Crippen MR) is 123 cm³/mol. The van der Waals surface area contributed by atoms with Gasteiger partial charge in [-0.15, -0.1) is 0 Å². The van der Waals surface area contributed by atoms with E-state index in [1.807, 2.05) is 37.3 Å². The first kappa shape index (κ1) is 21.1. The molecule has 1 atom stereocenters. The molecule has 1 N–H and O–H groups in total. The van der Waals surface area contributed by atoms with E-state index in [9.17, 15) is 14.7 Å². The Kier molecular flexibility index (Phi) is 5.78. The summed E-state index contributed by atoms with van der Waals surface area (Å²) in [5, 5.41) is 12.3. The summed E-state index contributed by atoms with van der Waals surface area (Å²) in [5.74, 6) is -0.321. The van der Waals surface area contributed by atoms with Crippen LogP contribution in [-0.2, 0) is 9.53 Å². The maximum atomic E-state index is 13.3. The number of carbonyl (C=O) groups is 1. The van der Waals surface area contributed by atoms with E-state index in [1.165, 1.54) is 15.9 Å². The van der Waals surface area contributed by atoms with Gasteiger partial charge in [0, 0.05) is 11.3 Å². The molecule has 2 heterocycles. The molecule has 0 unspecified atom stereocenters. The molecular formula is C24H24N2O4S. The molecule has 3 aromatic rings. The zero-order valence-corrected chi connectivity index (χ0v) is 18.5. The monoisotopic (exact) mass is 436 g/mol. The molecule has 31 heavy (non-hydrogen) atoms. The van der Waals surface area contributed by atoms with Gasteiger partial charge in [0.25, 0.3) is 5.56 Å². The molecule has 1 aliphatic rings. The van der Waals surface area contributed by atoms with Gasteiger partial charge in [0.15, 0.2) is 4.80 Å². The highest BCUT2D eigenvalue weighted by molar-refractivity contribution is 7.07. The quantitative estimate of drug-likeness (QED) is 0.623. The van der Waals surface area contributed by atoms with Crippen molar-refractivity contribution < 1.29 is 14.6 Å². The Morgan fingerprint density at radius 2 is 2.03 bits per heavy atom. The molecule has 0 bridgehead atoms. The number of fused-ring (bicyclic) bond motifs is 2. The summed E-state index contributed by atoms with van der Waals surface area (Å²) in [6.45, 7) is 5.82. The van der Waals surface area contributed by atoms with Gasteiger partial charge in [0.1, 0.15) is 5.75 Å². The lowest BCUT2D eigenvalue weighted by Crippen LogP contribution is -2.37. The first-order chi connectivity index (χ1) is 15.0. The van der Waals surface area contributed by atoms with E-state index in [0.29, 0.717) is 32.6 Å². The Morgan fingerprint density at radius 3 is 2.77 bits per heavy atom. The summed E-state index contributed by atoms with van der Waals surface area (Å²) < 4.78 is 7.17. The van der Waals surface area contributed by atoms with Gasteiger partial charge < -0.3 is 9.84 Å². The van der Waals surface area contributed by atoms with E-state index in [4.69, 9.17) is 9.73 Å². The van der Waals surface area contributed by atoms with Gasteiger partial charge in [-0.25, -0.2) is 9.79 Å². The lowest BCUT2D eigenvalue weighted by molar-refractivity contribution is -0.138. The second-order valence-corrected chi connectivity index (χ2v) is 8.42. The Morgan fingerprint density at radius 1 is 1.26 bits per heavy atom. The first-order valence-corrected chi connectivity index (χ1v) is 11.2. The number of hydrogen-bond donors (Lipinski definition) is 1. The van der Waals surface area contributed by atoms with Crippen LogP contribution in [0.25, 0.3) is 22.5 Å². The average Bonchev–Trinajstić information content (AvgIpc) is 3.06. The Labute approximate surface area is 183 Å². The maximum absolute atomic E-state index is 13.3. The molecule has 1 aromatic heterocycles. The number of benzene rings is 2. The SMILES string of the molecule is CCC[C@@H]1N=c2s/c(=C\c3c(O)ccc4ccccc34)c(=O)n2C(C)=C1C(=O)OCC. The van der Waals surface area contributed by atoms with Crippen LogP contribution in [-0.4, -0.2) is 28.3 Å². The first-order valence-electron chi connectivity index (χ1n) is 10.4. The Hall–Kier alpha value is -3.19. The maximum Gasteiger partial charge on any atom is 0.337 e. The van der Waals surface area contributed by atoms with Gasteiger partial charge in [-0.05, 0) is 43.2 Å². The summed E-state index contributed by atoms with van der Waals surface area (Å²) in [6, 6.07) is 10.8. The highest BCUT2D eigenvalue weighted by Crippen LogP contribution is 2.28. The molecular weight excluding hydrogens is 412 g/mol. The average molecular weight is 437 g/mol. The third kappa shape index (κ3) is 3.70. The summed E-state index contributed by atoms with van der Waals surface area (Å²) in [6.07, 6.45) is 3.25. The van der Waals surface area contributed by atoms with E-state index < -0.39 is 5.97 Å². The second-order valence-electron chi connectivity index (χ2n) is 7.41. The summed E-state index contributed by atoms with van der Waals surface area (Å²) in [4.78, 5) is 31.2. The van der Waals surface area contributed by atoms with E-state index in [-0.39, 0.29) is 24.0 Å². The van der Waals surface area contributed by atoms with E-state index in [0.717, 1.165) is 17.2 Å². The van der Waals surface area contributed by atoms with Gasteiger partial charge in [-0.2, -0.15) is 0 Å². The fourth-order valence-corrected chi connectivity index (χ4v) is 5.00. The van der Waals surface area contributed by atoms with Crippen molar-refractivity contribution in [2.75, 3.05) is 6.61 Å². The molecule has 2 aromatic carbocycles. The number of aromatic nitrogens is 1. The minimum Gasteiger partial charge on any atom is -0.507 e. The minimum absolute atomic E-state index is 0.106. The van der Waals surface area contributed by atoms with Gasteiger partial charge >= 0.3 is 5.97 Å². The van der Waals surface area contributed by atoms with Crippen molar-refractivity contribution in [2.45, 2.75) is 39.7 Å². The van der Waals surface area contributed by atoms with Gasteiger partial charge in [-0.3, -0.25) is 9.36 Å². The number of allylic oxidation sites excluding steroid dienone is 1. The third-order valence-corrected chi connectivity index (χ3v) is 6.39. The smallest absolute Gasteiger partial charge is 0.337 e. The normalized spacial score (nSPS) is 16.4. The highest BCUT2D eigenvalue weighted by atomic mass is 32.1. The molecule has 0 fully saturated rings. The van der Waals surface area contributed by atoms with Crippen molar-refractivity contribution in [1.29, 1.82) is 0 Å². The zero-order chi connectivity index (χ0) is 22.1. The lowest BCUT2D eigenvalue weighted by Gasteiger charge is -2.21. The van der Waals surface area contributed by atoms with Gasteiger partial charge in [0.05, 0.1) is 22.8 Å². The molecule has 160 valence electrons. The van der Waals surface area contributed by atoms with Crippen LogP contribution in [0, 0.1) is 0 Å². The summed E-state index contributed by atoms with van der Waals surface area (Å²) in [5.41, 5.74) is 1.33. The number of hydrogen-bond acceptors (Lipinski definition) is 6. The van der Waals surface area contributed by atoms with Crippen LogP contribution in [0.3, 0.4) is 0 Å². The Balaban J connectivity index is 1.96. The third-order valence-electron chi connectivity index (χ3n) is 5.41. The van der Waals surface area contributed by atoms with Crippen LogP contribution >= 0.6 is 11.3 Å². The molecule has 4 rings (SSSR count). The van der Waals surface area contributed by atoms with Crippen molar-refractivity contribution in [3.8, 4) is 5.75 Å². The predicted octanol–water partition coefficient (Wildman–Crippen LogP) is 3.19. The molecule has 0 saturated carbocycles. The van der Waals surface area contributed by atoms with Crippen LogP contribution < -0.4 is 14.9 Å². The Bertz CT molecular complexity index is 1380. The van der Waals surface area contributed by atoms with E-state index in [1.54, 1.807) is 26.0 Å². The number of ether oxygens (including phenoxy) is 1. The van der Waals surface area contributed by atoms with Gasteiger partial charge in [0.2, 0.25) is 0 Å². The highest BCUT2D eigenvalue weighted by Gasteiger charge is 2.29. The lowest BCUT2D eigenvalue weighted by atomic mass is 10.00. The van der Waals surface area contributed by atoms with Crippen LogP contribution in [0.2, 0.25) is 0 Å². The van der Waals surface area contributed by atoms with Crippen molar-refractivity contribution in [3.63, 3.8) is 0 Å². The van der Waals surface area contributed by atoms with Crippen LogP contribution in [0.15, 0.2) is 51.8 Å². The second kappa shape index (κ2) is 8.51. The molecule has 0 amide bonds. The number of phenols is 1. The van der Waals surface area contributed by atoms with E-state index >= 15 is 0 Å².